The monoisotopic (exact) mass is 373 g/mol. The third-order valence-corrected chi connectivity index (χ3v) is 6.32. The molecule has 0 bridgehead atoms. The van der Waals surface area contributed by atoms with Crippen molar-refractivity contribution in [3.05, 3.63) is 39.5 Å². The summed E-state index contributed by atoms with van der Waals surface area (Å²) in [6.07, 6.45) is 6.82. The third-order valence-electron chi connectivity index (χ3n) is 4.36. The molecule has 0 radical (unpaired) electrons. The average molecular weight is 374 g/mol. The zero-order valence-electron chi connectivity index (χ0n) is 14.2. The Hall–Kier alpha value is -2.06. The van der Waals surface area contributed by atoms with Gasteiger partial charge in [0.15, 0.2) is 0 Å². The summed E-state index contributed by atoms with van der Waals surface area (Å²) in [4.78, 5) is 24.2. The highest BCUT2D eigenvalue weighted by Gasteiger charge is 2.31. The summed E-state index contributed by atoms with van der Waals surface area (Å²) in [5.74, 6) is 0.00365. The third kappa shape index (κ3) is 3.23. The van der Waals surface area contributed by atoms with E-state index in [0.29, 0.717) is 5.69 Å². The van der Waals surface area contributed by atoms with Gasteiger partial charge in [0.05, 0.1) is 12.2 Å². The van der Waals surface area contributed by atoms with E-state index in [1.54, 1.807) is 22.2 Å². The molecule has 3 aromatic rings. The number of piperidine rings is 1. The summed E-state index contributed by atoms with van der Waals surface area (Å²) in [7, 11) is 1.87. The molecule has 25 heavy (non-hydrogen) atoms. The first-order valence-corrected chi connectivity index (χ1v) is 10.1. The van der Waals surface area contributed by atoms with Crippen molar-refractivity contribution in [3.8, 4) is 10.6 Å². The Morgan fingerprint density at radius 1 is 1.24 bits per heavy atom. The van der Waals surface area contributed by atoms with Crippen molar-refractivity contribution in [2.24, 2.45) is 7.05 Å². The number of thiazole rings is 2. The van der Waals surface area contributed by atoms with Crippen molar-refractivity contribution in [2.45, 2.75) is 32.2 Å². The fourth-order valence-electron chi connectivity index (χ4n) is 3.14. The Morgan fingerprint density at radius 3 is 2.84 bits per heavy atom. The van der Waals surface area contributed by atoms with E-state index in [9.17, 15) is 4.79 Å². The van der Waals surface area contributed by atoms with Gasteiger partial charge >= 0.3 is 0 Å². The van der Waals surface area contributed by atoms with Crippen LogP contribution < -0.4 is 0 Å². The van der Waals surface area contributed by atoms with Crippen LogP contribution in [0.4, 0.5) is 0 Å². The van der Waals surface area contributed by atoms with Gasteiger partial charge in [0.2, 0.25) is 0 Å². The molecule has 1 atom stereocenters. The van der Waals surface area contributed by atoms with E-state index in [2.05, 4.69) is 20.4 Å². The molecule has 130 valence electrons. The van der Waals surface area contributed by atoms with Crippen molar-refractivity contribution in [3.63, 3.8) is 0 Å². The second kappa shape index (κ2) is 6.68. The van der Waals surface area contributed by atoms with E-state index < -0.39 is 0 Å². The van der Waals surface area contributed by atoms with Gasteiger partial charge in [0, 0.05) is 41.8 Å². The molecule has 1 fully saturated rings. The van der Waals surface area contributed by atoms with Crippen LogP contribution in [0.5, 0.6) is 0 Å². The number of hydrogen-bond donors (Lipinski definition) is 0. The number of likely N-dealkylation sites (tertiary alicyclic amines) is 1. The van der Waals surface area contributed by atoms with Crippen molar-refractivity contribution in [1.29, 1.82) is 0 Å². The van der Waals surface area contributed by atoms with Crippen LogP contribution in [0.3, 0.4) is 0 Å². The molecule has 0 aromatic carbocycles. The zero-order chi connectivity index (χ0) is 17.4. The Morgan fingerprint density at radius 2 is 2.12 bits per heavy atom. The number of hydrogen-bond acceptors (Lipinski definition) is 6. The van der Waals surface area contributed by atoms with Gasteiger partial charge in [-0.2, -0.15) is 5.10 Å². The van der Waals surface area contributed by atoms with Crippen molar-refractivity contribution >= 4 is 28.6 Å². The Labute approximate surface area is 154 Å². The summed E-state index contributed by atoms with van der Waals surface area (Å²) < 4.78 is 1.74. The number of rotatable bonds is 3. The zero-order valence-corrected chi connectivity index (χ0v) is 15.8. The summed E-state index contributed by atoms with van der Waals surface area (Å²) >= 11 is 3.13. The molecule has 0 saturated carbocycles. The second-order valence-corrected chi connectivity index (χ2v) is 8.03. The van der Waals surface area contributed by atoms with Gasteiger partial charge in [-0.3, -0.25) is 9.48 Å². The molecular weight excluding hydrogens is 354 g/mol. The lowest BCUT2D eigenvalue weighted by atomic mass is 10.0. The number of aryl methyl sites for hydroxylation is 2. The molecule has 3 aromatic heterocycles. The number of carbonyl (C=O) groups is 1. The maximum atomic E-state index is 13.1. The Balaban J connectivity index is 1.59. The van der Waals surface area contributed by atoms with Gasteiger partial charge in [-0.1, -0.05) is 0 Å². The number of aromatic nitrogens is 4. The average Bonchev–Trinajstić information content (AvgIpc) is 3.34. The van der Waals surface area contributed by atoms with Crippen LogP contribution >= 0.6 is 22.7 Å². The molecule has 1 unspecified atom stereocenters. The number of carbonyl (C=O) groups excluding carboxylic acids is 1. The Bertz CT molecular complexity index is 896. The summed E-state index contributed by atoms with van der Waals surface area (Å²) in [6.45, 7) is 2.76. The molecule has 1 amide bonds. The lowest BCUT2D eigenvalue weighted by Crippen LogP contribution is -2.38. The van der Waals surface area contributed by atoms with E-state index in [1.165, 1.54) is 11.3 Å². The SMILES string of the molecule is Cc1csc(C2CCCCN2C(=O)c2csc(-c3cnn(C)c3)n2)n1. The minimum Gasteiger partial charge on any atom is -0.328 e. The van der Waals surface area contributed by atoms with Gasteiger partial charge < -0.3 is 4.90 Å². The van der Waals surface area contributed by atoms with Gasteiger partial charge in [-0.25, -0.2) is 9.97 Å². The molecule has 6 nitrogen and oxygen atoms in total. The Kier molecular flexibility index (Phi) is 4.39. The largest absolute Gasteiger partial charge is 0.328 e. The van der Waals surface area contributed by atoms with Crippen LogP contribution in [-0.4, -0.2) is 37.1 Å². The molecule has 8 heteroatoms. The normalized spacial score (nSPS) is 17.8. The van der Waals surface area contributed by atoms with E-state index >= 15 is 0 Å². The highest BCUT2D eigenvalue weighted by Crippen LogP contribution is 2.34. The van der Waals surface area contributed by atoms with Crippen LogP contribution in [0.15, 0.2) is 23.2 Å². The van der Waals surface area contributed by atoms with Crippen molar-refractivity contribution in [1.82, 2.24) is 24.6 Å². The highest BCUT2D eigenvalue weighted by molar-refractivity contribution is 7.13. The fraction of sp³-hybridized carbons (Fsp3) is 0.412. The van der Waals surface area contributed by atoms with Crippen LogP contribution in [0.2, 0.25) is 0 Å². The lowest BCUT2D eigenvalue weighted by molar-refractivity contribution is 0.0606. The van der Waals surface area contributed by atoms with E-state index in [0.717, 1.165) is 47.1 Å². The maximum Gasteiger partial charge on any atom is 0.273 e. The van der Waals surface area contributed by atoms with E-state index in [-0.39, 0.29) is 11.9 Å². The standard InChI is InChI=1S/C17H19N5OS2/c1-11-9-24-16(19-11)14-5-3-4-6-22(14)17(23)13-10-25-15(20-13)12-7-18-21(2)8-12/h7-10,14H,3-6H2,1-2H3. The summed E-state index contributed by atoms with van der Waals surface area (Å²) in [5, 5.41) is 9.94. The van der Waals surface area contributed by atoms with Crippen LogP contribution in [0.25, 0.3) is 10.6 Å². The van der Waals surface area contributed by atoms with Gasteiger partial charge in [-0.05, 0) is 26.2 Å². The first-order chi connectivity index (χ1) is 12.1. The summed E-state index contributed by atoms with van der Waals surface area (Å²) in [5.41, 5.74) is 2.48. The van der Waals surface area contributed by atoms with Crippen LogP contribution in [0.1, 0.15) is 46.5 Å². The first kappa shape index (κ1) is 16.4. The predicted molar refractivity (Wildman–Crippen MR) is 98.8 cm³/mol. The van der Waals surface area contributed by atoms with Crippen LogP contribution in [-0.2, 0) is 7.05 Å². The topological polar surface area (TPSA) is 63.9 Å². The molecular formula is C17H19N5OS2. The molecule has 0 spiro atoms. The smallest absolute Gasteiger partial charge is 0.273 e. The molecule has 0 aliphatic carbocycles. The molecule has 4 heterocycles. The first-order valence-electron chi connectivity index (χ1n) is 8.29. The van der Waals surface area contributed by atoms with Gasteiger partial charge in [0.25, 0.3) is 5.91 Å². The number of nitrogens with zero attached hydrogens (tertiary/aromatic N) is 5. The second-order valence-electron chi connectivity index (χ2n) is 6.28. The van der Waals surface area contributed by atoms with E-state index in [4.69, 9.17) is 0 Å². The van der Waals surface area contributed by atoms with Crippen LogP contribution in [0, 0.1) is 6.92 Å². The highest BCUT2D eigenvalue weighted by atomic mass is 32.1. The van der Waals surface area contributed by atoms with E-state index in [1.807, 2.05) is 30.4 Å². The molecule has 1 aliphatic rings. The van der Waals surface area contributed by atoms with Gasteiger partial charge in [0.1, 0.15) is 15.7 Å². The summed E-state index contributed by atoms with van der Waals surface area (Å²) in [6, 6.07) is 0.0727. The maximum absolute atomic E-state index is 13.1. The molecule has 1 aliphatic heterocycles. The quantitative estimate of drug-likeness (QED) is 0.703. The number of amides is 1. The lowest BCUT2D eigenvalue weighted by Gasteiger charge is -2.34. The molecule has 1 saturated heterocycles. The minimum absolute atomic E-state index is 0.00365. The molecule has 4 rings (SSSR count). The van der Waals surface area contributed by atoms with Crippen molar-refractivity contribution < 1.29 is 4.79 Å². The predicted octanol–water partition coefficient (Wildman–Crippen LogP) is 3.68. The van der Waals surface area contributed by atoms with Crippen molar-refractivity contribution in [2.75, 3.05) is 6.54 Å². The van der Waals surface area contributed by atoms with Gasteiger partial charge in [-0.15, -0.1) is 22.7 Å². The fourth-order valence-corrected chi connectivity index (χ4v) is 4.85. The molecule has 0 N–H and O–H groups in total. The minimum atomic E-state index is 0.00365.